The van der Waals surface area contributed by atoms with Gasteiger partial charge >= 0.3 is 5.97 Å². The number of esters is 1. The number of carbonyl (C=O) groups excluding carboxylic acids is 1. The highest BCUT2D eigenvalue weighted by Crippen LogP contribution is 2.14. The lowest BCUT2D eigenvalue weighted by Crippen LogP contribution is -2.17. The molecule has 5 heteroatoms. The third-order valence-corrected chi connectivity index (χ3v) is 3.29. The summed E-state index contributed by atoms with van der Waals surface area (Å²) in [7, 11) is 1.37. The average Bonchev–Trinajstić information content (AvgIpc) is 2.98. The molecule has 1 N–H and O–H groups in total. The SMILES string of the molecule is COC(=O)c1ccc(NC(C)CCc2ccco2)nc1C. The standard InChI is InChI=1S/C16H20N2O3/c1-11(6-7-13-5-4-10-21-13)17-15-9-8-14(12(2)18-15)16(19)20-3/h4-5,8-11H,6-7H2,1-3H3,(H,17,18). The minimum atomic E-state index is -0.364. The smallest absolute Gasteiger partial charge is 0.339 e. The van der Waals surface area contributed by atoms with Crippen LogP contribution in [-0.2, 0) is 11.2 Å². The van der Waals surface area contributed by atoms with E-state index in [4.69, 9.17) is 9.15 Å². The number of methoxy groups -OCH3 is 1. The molecule has 0 spiro atoms. The summed E-state index contributed by atoms with van der Waals surface area (Å²) in [6.07, 6.45) is 3.50. The molecule has 0 bridgehead atoms. The minimum Gasteiger partial charge on any atom is -0.469 e. The fraction of sp³-hybridized carbons (Fsp3) is 0.375. The Labute approximate surface area is 124 Å². The summed E-state index contributed by atoms with van der Waals surface area (Å²) in [6.45, 7) is 3.89. The van der Waals surface area contributed by atoms with Crippen LogP contribution in [-0.4, -0.2) is 24.1 Å². The average molecular weight is 288 g/mol. The molecule has 5 nitrogen and oxygen atoms in total. The van der Waals surface area contributed by atoms with Gasteiger partial charge in [0, 0.05) is 12.5 Å². The first-order chi connectivity index (χ1) is 10.1. The Balaban J connectivity index is 1.93. The fourth-order valence-electron chi connectivity index (χ4n) is 2.11. The van der Waals surface area contributed by atoms with Crippen molar-refractivity contribution in [3.05, 3.63) is 47.5 Å². The van der Waals surface area contributed by atoms with Crippen LogP contribution in [0.5, 0.6) is 0 Å². The number of furan rings is 1. The van der Waals surface area contributed by atoms with Crippen molar-refractivity contribution in [2.75, 3.05) is 12.4 Å². The van der Waals surface area contributed by atoms with Crippen LogP contribution in [0, 0.1) is 6.92 Å². The maximum atomic E-state index is 11.5. The Morgan fingerprint density at radius 3 is 2.86 bits per heavy atom. The topological polar surface area (TPSA) is 64.4 Å². The zero-order valence-electron chi connectivity index (χ0n) is 12.6. The summed E-state index contributed by atoms with van der Waals surface area (Å²) in [5.74, 6) is 1.37. The van der Waals surface area contributed by atoms with Gasteiger partial charge in [0.25, 0.3) is 0 Å². The van der Waals surface area contributed by atoms with Gasteiger partial charge in [-0.05, 0) is 44.5 Å². The van der Waals surface area contributed by atoms with Gasteiger partial charge in [0.15, 0.2) is 0 Å². The number of hydrogen-bond acceptors (Lipinski definition) is 5. The zero-order valence-corrected chi connectivity index (χ0v) is 12.6. The Morgan fingerprint density at radius 2 is 2.24 bits per heavy atom. The van der Waals surface area contributed by atoms with E-state index in [1.54, 1.807) is 25.3 Å². The molecule has 0 fully saturated rings. The zero-order chi connectivity index (χ0) is 15.2. The second-order valence-corrected chi connectivity index (χ2v) is 4.98. The van der Waals surface area contributed by atoms with Crippen LogP contribution < -0.4 is 5.32 Å². The largest absolute Gasteiger partial charge is 0.469 e. The number of aryl methyl sites for hydroxylation is 2. The monoisotopic (exact) mass is 288 g/mol. The van der Waals surface area contributed by atoms with E-state index in [0.717, 1.165) is 24.4 Å². The first-order valence-corrected chi connectivity index (χ1v) is 6.95. The minimum absolute atomic E-state index is 0.256. The van der Waals surface area contributed by atoms with E-state index in [0.29, 0.717) is 11.3 Å². The van der Waals surface area contributed by atoms with E-state index >= 15 is 0 Å². The van der Waals surface area contributed by atoms with Crippen molar-refractivity contribution in [1.29, 1.82) is 0 Å². The van der Waals surface area contributed by atoms with Gasteiger partial charge in [-0.3, -0.25) is 0 Å². The van der Waals surface area contributed by atoms with Gasteiger partial charge in [-0.15, -0.1) is 0 Å². The molecule has 0 amide bonds. The van der Waals surface area contributed by atoms with Crippen LogP contribution in [0.25, 0.3) is 0 Å². The molecule has 0 aliphatic carbocycles. The molecule has 0 radical (unpaired) electrons. The summed E-state index contributed by atoms with van der Waals surface area (Å²) in [5, 5.41) is 3.32. The van der Waals surface area contributed by atoms with Gasteiger partial charge in [-0.25, -0.2) is 9.78 Å². The summed E-state index contributed by atoms with van der Waals surface area (Å²) in [5.41, 5.74) is 1.15. The van der Waals surface area contributed by atoms with Crippen LogP contribution in [0.15, 0.2) is 34.9 Å². The first-order valence-electron chi connectivity index (χ1n) is 6.95. The van der Waals surface area contributed by atoms with Crippen LogP contribution in [0.1, 0.15) is 35.2 Å². The van der Waals surface area contributed by atoms with E-state index < -0.39 is 0 Å². The molecular weight excluding hydrogens is 268 g/mol. The van der Waals surface area contributed by atoms with E-state index in [1.165, 1.54) is 7.11 Å². The van der Waals surface area contributed by atoms with Crippen molar-refractivity contribution in [1.82, 2.24) is 4.98 Å². The summed E-state index contributed by atoms with van der Waals surface area (Å²) in [6, 6.07) is 7.65. The molecule has 0 aromatic carbocycles. The lowest BCUT2D eigenvalue weighted by atomic mass is 10.1. The third-order valence-electron chi connectivity index (χ3n) is 3.29. The van der Waals surface area contributed by atoms with Crippen LogP contribution in [0.4, 0.5) is 5.82 Å². The van der Waals surface area contributed by atoms with Crippen molar-refractivity contribution in [3.63, 3.8) is 0 Å². The number of aromatic nitrogens is 1. The number of rotatable bonds is 6. The molecule has 0 aliphatic rings. The van der Waals surface area contributed by atoms with E-state index in [2.05, 4.69) is 17.2 Å². The van der Waals surface area contributed by atoms with Gasteiger partial charge in [-0.1, -0.05) is 0 Å². The molecular formula is C16H20N2O3. The second-order valence-electron chi connectivity index (χ2n) is 4.98. The summed E-state index contributed by atoms with van der Waals surface area (Å²) < 4.78 is 10.0. The highest BCUT2D eigenvalue weighted by atomic mass is 16.5. The molecule has 1 unspecified atom stereocenters. The molecule has 2 aromatic heterocycles. The first kappa shape index (κ1) is 15.1. The number of nitrogens with zero attached hydrogens (tertiary/aromatic N) is 1. The molecule has 21 heavy (non-hydrogen) atoms. The normalized spacial score (nSPS) is 12.0. The van der Waals surface area contributed by atoms with Crippen molar-refractivity contribution >= 4 is 11.8 Å². The van der Waals surface area contributed by atoms with Crippen molar-refractivity contribution in [3.8, 4) is 0 Å². The quantitative estimate of drug-likeness (QED) is 0.827. The number of ether oxygens (including phenoxy) is 1. The van der Waals surface area contributed by atoms with Gasteiger partial charge in [0.05, 0.1) is 24.6 Å². The van der Waals surface area contributed by atoms with E-state index in [1.807, 2.05) is 12.1 Å². The second kappa shape index (κ2) is 6.92. The number of anilines is 1. The molecule has 2 heterocycles. The van der Waals surface area contributed by atoms with Crippen molar-refractivity contribution in [2.45, 2.75) is 32.7 Å². The van der Waals surface area contributed by atoms with E-state index in [9.17, 15) is 4.79 Å². The highest BCUT2D eigenvalue weighted by Gasteiger charge is 2.11. The Hall–Kier alpha value is -2.30. The van der Waals surface area contributed by atoms with Crippen LogP contribution in [0.2, 0.25) is 0 Å². The van der Waals surface area contributed by atoms with Gasteiger partial charge in [0.2, 0.25) is 0 Å². The predicted octanol–water partition coefficient (Wildman–Crippen LogP) is 3.20. The number of carbonyl (C=O) groups is 1. The lowest BCUT2D eigenvalue weighted by Gasteiger charge is -2.15. The fourth-order valence-corrected chi connectivity index (χ4v) is 2.11. The van der Waals surface area contributed by atoms with Gasteiger partial charge in [-0.2, -0.15) is 0 Å². The summed E-state index contributed by atoms with van der Waals surface area (Å²) >= 11 is 0. The van der Waals surface area contributed by atoms with Crippen molar-refractivity contribution in [2.24, 2.45) is 0 Å². The molecule has 112 valence electrons. The van der Waals surface area contributed by atoms with E-state index in [-0.39, 0.29) is 12.0 Å². The number of hydrogen-bond donors (Lipinski definition) is 1. The molecule has 2 rings (SSSR count). The molecule has 0 saturated heterocycles. The Morgan fingerprint density at radius 1 is 1.43 bits per heavy atom. The van der Waals surface area contributed by atoms with Gasteiger partial charge in [0.1, 0.15) is 11.6 Å². The Kier molecular flexibility index (Phi) is 4.98. The van der Waals surface area contributed by atoms with Crippen LogP contribution in [0.3, 0.4) is 0 Å². The van der Waals surface area contributed by atoms with Gasteiger partial charge < -0.3 is 14.5 Å². The highest BCUT2D eigenvalue weighted by molar-refractivity contribution is 5.90. The molecule has 2 aromatic rings. The maximum Gasteiger partial charge on any atom is 0.339 e. The summed E-state index contributed by atoms with van der Waals surface area (Å²) in [4.78, 5) is 15.9. The number of nitrogens with one attached hydrogen (secondary N) is 1. The third kappa shape index (κ3) is 4.08. The van der Waals surface area contributed by atoms with Crippen LogP contribution >= 0.6 is 0 Å². The molecule has 0 saturated carbocycles. The lowest BCUT2D eigenvalue weighted by molar-refractivity contribution is 0.0599. The predicted molar refractivity (Wildman–Crippen MR) is 80.4 cm³/mol. The van der Waals surface area contributed by atoms with Crippen molar-refractivity contribution < 1.29 is 13.9 Å². The molecule has 1 atom stereocenters. The molecule has 0 aliphatic heterocycles. The Bertz CT molecular complexity index is 594. The number of pyridine rings is 1. The maximum absolute atomic E-state index is 11.5.